The zero-order valence-corrected chi connectivity index (χ0v) is 10.7. The molecule has 2 aliphatic carbocycles. The maximum absolute atomic E-state index is 2.41. The Labute approximate surface area is 100 Å². The van der Waals surface area contributed by atoms with Crippen molar-refractivity contribution < 1.29 is 0 Å². The molecule has 1 atom stereocenters. The van der Waals surface area contributed by atoms with E-state index >= 15 is 0 Å². The highest BCUT2D eigenvalue weighted by molar-refractivity contribution is 5.31. The fourth-order valence-corrected chi connectivity index (χ4v) is 3.19. The minimum absolute atomic E-state index is 0.644. The molecule has 1 fully saturated rings. The number of likely N-dealkylation sites (N-methyl/N-ethyl adjacent to an activating group) is 1. The van der Waals surface area contributed by atoms with Crippen LogP contribution in [0, 0.1) is 12.3 Å². The molecule has 16 heavy (non-hydrogen) atoms. The highest BCUT2D eigenvalue weighted by Gasteiger charge is 2.27. The highest BCUT2D eigenvalue weighted by atomic mass is 15.1. The van der Waals surface area contributed by atoms with Crippen molar-refractivity contribution in [2.75, 3.05) is 14.1 Å². The van der Waals surface area contributed by atoms with Crippen LogP contribution < -0.4 is 0 Å². The van der Waals surface area contributed by atoms with Crippen molar-refractivity contribution >= 4 is 0 Å². The van der Waals surface area contributed by atoms with Crippen LogP contribution in [0.4, 0.5) is 0 Å². The van der Waals surface area contributed by atoms with Gasteiger partial charge >= 0.3 is 0 Å². The number of rotatable bonds is 3. The van der Waals surface area contributed by atoms with Crippen molar-refractivity contribution in [3.8, 4) is 0 Å². The van der Waals surface area contributed by atoms with Crippen LogP contribution in [0.25, 0.3) is 0 Å². The minimum Gasteiger partial charge on any atom is -0.302 e. The molecule has 1 nitrogen and oxygen atoms in total. The van der Waals surface area contributed by atoms with E-state index in [1.165, 1.54) is 32.1 Å². The molecule has 0 aromatic heterocycles. The zero-order chi connectivity index (χ0) is 11.4. The summed E-state index contributed by atoms with van der Waals surface area (Å²) < 4.78 is 0. The lowest BCUT2D eigenvalue weighted by molar-refractivity contribution is 0.200. The average Bonchev–Trinajstić information content (AvgIpc) is 2.31. The second kappa shape index (κ2) is 5.67. The van der Waals surface area contributed by atoms with E-state index in [4.69, 9.17) is 0 Å². The minimum atomic E-state index is 0.644. The first-order valence-corrected chi connectivity index (χ1v) is 6.65. The average molecular weight is 218 g/mol. The normalized spacial score (nSPS) is 24.6. The molecule has 1 saturated carbocycles. The summed E-state index contributed by atoms with van der Waals surface area (Å²) in [5, 5.41) is 0. The lowest BCUT2D eigenvalue weighted by Gasteiger charge is -2.36. The molecular weight excluding hydrogens is 194 g/mol. The molecule has 0 spiro atoms. The Balaban J connectivity index is 2.09. The van der Waals surface area contributed by atoms with Crippen LogP contribution >= 0.6 is 0 Å². The molecule has 1 unspecified atom stereocenters. The van der Waals surface area contributed by atoms with Crippen molar-refractivity contribution in [1.82, 2.24) is 4.90 Å². The summed E-state index contributed by atoms with van der Waals surface area (Å²) in [6.07, 6.45) is 17.4. The summed E-state index contributed by atoms with van der Waals surface area (Å²) in [6, 6.07) is 0.644. The standard InChI is InChI=1S/C15H24N/c1-16(2)15(13-9-5-3-6-10-13)14-11-7-4-8-12-14/h3,5,9-10,14-15H,4,6-8,11-12H2,1-2H3. The second-order valence-corrected chi connectivity index (χ2v) is 5.34. The third-order valence-electron chi connectivity index (χ3n) is 3.91. The van der Waals surface area contributed by atoms with Gasteiger partial charge in [0.25, 0.3) is 0 Å². The van der Waals surface area contributed by atoms with E-state index in [1.807, 2.05) is 0 Å². The van der Waals surface area contributed by atoms with Gasteiger partial charge in [0.05, 0.1) is 0 Å². The lowest BCUT2D eigenvalue weighted by Crippen LogP contribution is -2.37. The Morgan fingerprint density at radius 3 is 2.50 bits per heavy atom. The fraction of sp³-hybridized carbons (Fsp3) is 0.667. The topological polar surface area (TPSA) is 3.24 Å². The van der Waals surface area contributed by atoms with E-state index in [0.717, 1.165) is 12.3 Å². The van der Waals surface area contributed by atoms with Gasteiger partial charge in [0.1, 0.15) is 0 Å². The molecule has 0 bridgehead atoms. The Bertz CT molecular complexity index is 269. The second-order valence-electron chi connectivity index (χ2n) is 5.34. The molecule has 1 heteroatoms. The summed E-state index contributed by atoms with van der Waals surface area (Å²) in [7, 11) is 4.46. The van der Waals surface area contributed by atoms with Crippen LogP contribution in [-0.2, 0) is 0 Å². The molecule has 2 aliphatic rings. The number of nitrogens with zero attached hydrogens (tertiary/aromatic N) is 1. The number of hydrogen-bond donors (Lipinski definition) is 0. The van der Waals surface area contributed by atoms with Gasteiger partial charge in [0, 0.05) is 6.04 Å². The van der Waals surface area contributed by atoms with Gasteiger partial charge < -0.3 is 4.90 Å². The van der Waals surface area contributed by atoms with Crippen molar-refractivity contribution in [3.63, 3.8) is 0 Å². The Kier molecular flexibility index (Phi) is 4.22. The Hall–Kier alpha value is -0.560. The monoisotopic (exact) mass is 218 g/mol. The first kappa shape index (κ1) is 11.9. The van der Waals surface area contributed by atoms with Crippen LogP contribution in [0.5, 0.6) is 0 Å². The van der Waals surface area contributed by atoms with E-state index in [2.05, 4.69) is 43.6 Å². The summed E-state index contributed by atoms with van der Waals surface area (Å²) in [5.41, 5.74) is 1.54. The van der Waals surface area contributed by atoms with Gasteiger partial charge in [-0.15, -0.1) is 0 Å². The molecule has 1 radical (unpaired) electrons. The molecule has 0 aliphatic heterocycles. The summed E-state index contributed by atoms with van der Waals surface area (Å²) in [6.45, 7) is 0. The summed E-state index contributed by atoms with van der Waals surface area (Å²) >= 11 is 0. The van der Waals surface area contributed by atoms with Gasteiger partial charge in [-0.2, -0.15) is 0 Å². The predicted molar refractivity (Wildman–Crippen MR) is 70.2 cm³/mol. The lowest BCUT2D eigenvalue weighted by atomic mass is 9.79. The third kappa shape index (κ3) is 2.76. The number of hydrogen-bond acceptors (Lipinski definition) is 1. The molecule has 0 aromatic rings. The Morgan fingerprint density at radius 2 is 1.94 bits per heavy atom. The van der Waals surface area contributed by atoms with Gasteiger partial charge in [-0.05, 0) is 51.3 Å². The number of allylic oxidation sites excluding steroid dienone is 2. The first-order chi connectivity index (χ1) is 7.79. The molecule has 89 valence electrons. The van der Waals surface area contributed by atoms with Crippen LogP contribution in [-0.4, -0.2) is 25.0 Å². The molecule has 0 amide bonds. The first-order valence-electron chi connectivity index (χ1n) is 6.65. The Morgan fingerprint density at radius 1 is 1.19 bits per heavy atom. The molecular formula is C15H24N. The van der Waals surface area contributed by atoms with E-state index in [9.17, 15) is 0 Å². The largest absolute Gasteiger partial charge is 0.302 e. The van der Waals surface area contributed by atoms with Gasteiger partial charge in [-0.3, -0.25) is 0 Å². The third-order valence-corrected chi connectivity index (χ3v) is 3.91. The van der Waals surface area contributed by atoms with Crippen LogP contribution in [0.1, 0.15) is 38.5 Å². The zero-order valence-electron chi connectivity index (χ0n) is 10.7. The SMILES string of the molecule is CN(C)C(C1=CC[CH]C=C1)C1CCCCC1. The van der Waals surface area contributed by atoms with Gasteiger partial charge in [-0.1, -0.05) is 37.5 Å². The smallest absolute Gasteiger partial charge is 0.0366 e. The summed E-state index contributed by atoms with van der Waals surface area (Å²) in [5.74, 6) is 0.873. The van der Waals surface area contributed by atoms with Crippen molar-refractivity contribution in [1.29, 1.82) is 0 Å². The quantitative estimate of drug-likeness (QED) is 0.700. The van der Waals surface area contributed by atoms with Crippen molar-refractivity contribution in [2.24, 2.45) is 5.92 Å². The molecule has 0 heterocycles. The van der Waals surface area contributed by atoms with Crippen molar-refractivity contribution in [2.45, 2.75) is 44.6 Å². The maximum atomic E-state index is 2.41. The fourth-order valence-electron chi connectivity index (χ4n) is 3.19. The van der Waals surface area contributed by atoms with Gasteiger partial charge in [-0.25, -0.2) is 0 Å². The predicted octanol–water partition coefficient (Wildman–Crippen LogP) is 3.59. The molecule has 0 aromatic carbocycles. The molecule has 0 N–H and O–H groups in total. The summed E-state index contributed by atoms with van der Waals surface area (Å²) in [4.78, 5) is 2.41. The van der Waals surface area contributed by atoms with Crippen LogP contribution in [0.3, 0.4) is 0 Å². The highest BCUT2D eigenvalue weighted by Crippen LogP contribution is 2.33. The molecule has 2 rings (SSSR count). The maximum Gasteiger partial charge on any atom is 0.0366 e. The van der Waals surface area contributed by atoms with Crippen LogP contribution in [0.15, 0.2) is 23.8 Å². The van der Waals surface area contributed by atoms with Gasteiger partial charge in [0.15, 0.2) is 0 Å². The van der Waals surface area contributed by atoms with Crippen molar-refractivity contribution in [3.05, 3.63) is 30.2 Å². The van der Waals surface area contributed by atoms with E-state index in [1.54, 1.807) is 5.57 Å². The van der Waals surface area contributed by atoms with E-state index in [0.29, 0.717) is 6.04 Å². The van der Waals surface area contributed by atoms with Gasteiger partial charge in [0.2, 0.25) is 0 Å². The molecule has 0 saturated heterocycles. The van der Waals surface area contributed by atoms with E-state index in [-0.39, 0.29) is 0 Å². The van der Waals surface area contributed by atoms with Crippen LogP contribution in [0.2, 0.25) is 0 Å². The van der Waals surface area contributed by atoms with E-state index < -0.39 is 0 Å².